The predicted molar refractivity (Wildman–Crippen MR) is 85.7 cm³/mol. The van der Waals surface area contributed by atoms with Crippen LogP contribution >= 0.6 is 15.9 Å². The summed E-state index contributed by atoms with van der Waals surface area (Å²) in [5, 5.41) is 3.48. The van der Waals surface area contributed by atoms with Crippen molar-refractivity contribution in [1.29, 1.82) is 0 Å². The third kappa shape index (κ3) is 4.79. The Morgan fingerprint density at radius 1 is 1.42 bits per heavy atom. The zero-order valence-electron chi connectivity index (χ0n) is 11.9. The second kappa shape index (κ2) is 7.27. The van der Waals surface area contributed by atoms with E-state index < -0.39 is 0 Å². The van der Waals surface area contributed by atoms with Gasteiger partial charge in [0.05, 0.1) is 0 Å². The Kier molecular flexibility index (Phi) is 5.67. The van der Waals surface area contributed by atoms with Crippen LogP contribution < -0.4 is 5.32 Å². The van der Waals surface area contributed by atoms with Crippen molar-refractivity contribution in [1.82, 2.24) is 9.80 Å². The van der Waals surface area contributed by atoms with Gasteiger partial charge in [-0.3, -0.25) is 0 Å². The lowest BCUT2D eigenvalue weighted by atomic mass is 10.1. The normalized spacial score (nSPS) is 20.1. The Bertz CT molecular complexity index is 397. The van der Waals surface area contributed by atoms with E-state index in [1.807, 2.05) is 6.07 Å². The van der Waals surface area contributed by atoms with E-state index in [0.717, 1.165) is 23.5 Å². The van der Waals surface area contributed by atoms with E-state index in [0.29, 0.717) is 0 Å². The van der Waals surface area contributed by atoms with Crippen LogP contribution in [0.25, 0.3) is 0 Å². The number of anilines is 1. The maximum Gasteiger partial charge on any atom is 0.0485 e. The van der Waals surface area contributed by atoms with E-state index in [2.05, 4.69) is 63.3 Å². The molecule has 1 aliphatic rings. The second-order valence-corrected chi connectivity index (χ2v) is 6.44. The van der Waals surface area contributed by atoms with E-state index in [1.165, 1.54) is 31.7 Å². The molecule has 0 radical (unpaired) electrons. The van der Waals surface area contributed by atoms with Crippen molar-refractivity contribution >= 4 is 21.6 Å². The molecule has 0 amide bonds. The standard InChI is InChI=1S/C15H24BrN3/c1-18-9-7-13(11-18)12-19(2)10-8-17-15-6-4-3-5-14(15)16/h3-6,13,17H,7-12H2,1-2H3. The number of rotatable bonds is 6. The van der Waals surface area contributed by atoms with Crippen LogP contribution in [0.3, 0.4) is 0 Å². The van der Waals surface area contributed by atoms with Gasteiger partial charge >= 0.3 is 0 Å². The van der Waals surface area contributed by atoms with Crippen LogP contribution in [-0.2, 0) is 0 Å². The molecule has 0 spiro atoms. The summed E-state index contributed by atoms with van der Waals surface area (Å²) in [5.74, 6) is 0.846. The first-order valence-electron chi connectivity index (χ1n) is 7.00. The topological polar surface area (TPSA) is 18.5 Å². The minimum Gasteiger partial charge on any atom is -0.383 e. The Hall–Kier alpha value is -0.580. The van der Waals surface area contributed by atoms with E-state index in [9.17, 15) is 0 Å². The summed E-state index contributed by atoms with van der Waals surface area (Å²) < 4.78 is 1.13. The lowest BCUT2D eigenvalue weighted by Crippen LogP contribution is -2.31. The number of nitrogens with one attached hydrogen (secondary N) is 1. The predicted octanol–water partition coefficient (Wildman–Crippen LogP) is 2.74. The molecular weight excluding hydrogens is 302 g/mol. The number of nitrogens with zero attached hydrogens (tertiary/aromatic N) is 2. The Labute approximate surface area is 125 Å². The summed E-state index contributed by atoms with van der Waals surface area (Å²) in [6, 6.07) is 8.28. The minimum absolute atomic E-state index is 0.846. The molecule has 106 valence electrons. The van der Waals surface area contributed by atoms with Gasteiger partial charge in [-0.25, -0.2) is 0 Å². The van der Waals surface area contributed by atoms with Gasteiger partial charge < -0.3 is 15.1 Å². The van der Waals surface area contributed by atoms with E-state index >= 15 is 0 Å². The van der Waals surface area contributed by atoms with Crippen LogP contribution in [0.15, 0.2) is 28.7 Å². The van der Waals surface area contributed by atoms with Crippen LogP contribution in [0.5, 0.6) is 0 Å². The van der Waals surface area contributed by atoms with Crippen molar-refractivity contribution in [2.45, 2.75) is 6.42 Å². The molecule has 1 heterocycles. The maximum absolute atomic E-state index is 3.56. The molecule has 1 aromatic rings. The van der Waals surface area contributed by atoms with Gasteiger partial charge in [-0.05, 0) is 61.0 Å². The average molecular weight is 326 g/mol. The monoisotopic (exact) mass is 325 g/mol. The molecule has 1 aliphatic heterocycles. The number of likely N-dealkylation sites (N-methyl/N-ethyl adjacent to an activating group) is 1. The summed E-state index contributed by atoms with van der Waals surface area (Å²) >= 11 is 3.56. The first-order chi connectivity index (χ1) is 9.15. The molecule has 0 saturated carbocycles. The van der Waals surface area contributed by atoms with Gasteiger partial charge in [0.2, 0.25) is 0 Å². The van der Waals surface area contributed by atoms with Crippen molar-refractivity contribution in [3.8, 4) is 0 Å². The third-order valence-corrected chi connectivity index (χ3v) is 4.43. The van der Waals surface area contributed by atoms with Crippen molar-refractivity contribution in [2.24, 2.45) is 5.92 Å². The molecule has 19 heavy (non-hydrogen) atoms. The first-order valence-corrected chi connectivity index (χ1v) is 7.80. The van der Waals surface area contributed by atoms with Crippen molar-refractivity contribution < 1.29 is 0 Å². The molecule has 1 saturated heterocycles. The van der Waals surface area contributed by atoms with Gasteiger partial charge in [-0.15, -0.1) is 0 Å². The fraction of sp³-hybridized carbons (Fsp3) is 0.600. The van der Waals surface area contributed by atoms with Gasteiger partial charge in [-0.1, -0.05) is 12.1 Å². The molecule has 1 N–H and O–H groups in total. The van der Waals surface area contributed by atoms with Crippen LogP contribution in [0.1, 0.15) is 6.42 Å². The summed E-state index contributed by atoms with van der Waals surface area (Å²) in [7, 11) is 4.44. The molecule has 4 heteroatoms. The number of benzene rings is 1. The highest BCUT2D eigenvalue weighted by Crippen LogP contribution is 2.20. The number of halogens is 1. The molecule has 2 rings (SSSR count). The molecule has 0 bridgehead atoms. The Morgan fingerprint density at radius 3 is 2.89 bits per heavy atom. The molecule has 1 aromatic carbocycles. The van der Waals surface area contributed by atoms with Crippen molar-refractivity contribution in [2.75, 3.05) is 52.1 Å². The molecule has 3 nitrogen and oxygen atoms in total. The summed E-state index contributed by atoms with van der Waals surface area (Å²) in [4.78, 5) is 4.87. The van der Waals surface area contributed by atoms with Gasteiger partial charge in [0.25, 0.3) is 0 Å². The highest BCUT2D eigenvalue weighted by molar-refractivity contribution is 9.10. The van der Waals surface area contributed by atoms with Crippen LogP contribution in [0.4, 0.5) is 5.69 Å². The zero-order valence-corrected chi connectivity index (χ0v) is 13.5. The number of likely N-dealkylation sites (tertiary alicyclic amines) is 1. The third-order valence-electron chi connectivity index (χ3n) is 3.74. The van der Waals surface area contributed by atoms with Crippen LogP contribution in [0, 0.1) is 5.92 Å². The fourth-order valence-corrected chi connectivity index (χ4v) is 3.12. The summed E-state index contributed by atoms with van der Waals surface area (Å²) in [5.41, 5.74) is 1.18. The molecule has 1 unspecified atom stereocenters. The summed E-state index contributed by atoms with van der Waals surface area (Å²) in [6.07, 6.45) is 1.35. The number of hydrogen-bond donors (Lipinski definition) is 1. The van der Waals surface area contributed by atoms with Gasteiger partial charge in [0.15, 0.2) is 0 Å². The van der Waals surface area contributed by atoms with Crippen molar-refractivity contribution in [3.63, 3.8) is 0 Å². The van der Waals surface area contributed by atoms with Gasteiger partial charge in [0.1, 0.15) is 0 Å². The van der Waals surface area contributed by atoms with Gasteiger partial charge in [-0.2, -0.15) is 0 Å². The quantitative estimate of drug-likeness (QED) is 0.867. The van der Waals surface area contributed by atoms with E-state index in [4.69, 9.17) is 0 Å². The first kappa shape index (κ1) is 14.8. The fourth-order valence-electron chi connectivity index (χ4n) is 2.69. The van der Waals surface area contributed by atoms with Crippen LogP contribution in [0.2, 0.25) is 0 Å². The smallest absolute Gasteiger partial charge is 0.0485 e. The van der Waals surface area contributed by atoms with Crippen LogP contribution in [-0.4, -0.2) is 56.6 Å². The average Bonchev–Trinajstić information content (AvgIpc) is 2.77. The van der Waals surface area contributed by atoms with Gasteiger partial charge in [0, 0.05) is 36.3 Å². The largest absolute Gasteiger partial charge is 0.383 e. The molecule has 0 aliphatic carbocycles. The molecular formula is C15H24BrN3. The second-order valence-electron chi connectivity index (χ2n) is 5.59. The highest BCUT2D eigenvalue weighted by atomic mass is 79.9. The van der Waals surface area contributed by atoms with E-state index in [1.54, 1.807) is 0 Å². The lowest BCUT2D eigenvalue weighted by molar-refractivity contribution is 0.281. The Morgan fingerprint density at radius 2 is 2.21 bits per heavy atom. The summed E-state index contributed by atoms with van der Waals surface area (Å²) in [6.45, 7) is 5.79. The van der Waals surface area contributed by atoms with Crippen molar-refractivity contribution in [3.05, 3.63) is 28.7 Å². The zero-order chi connectivity index (χ0) is 13.7. The van der Waals surface area contributed by atoms with E-state index in [-0.39, 0.29) is 0 Å². The minimum atomic E-state index is 0.846. The lowest BCUT2D eigenvalue weighted by Gasteiger charge is -2.21. The molecule has 1 fully saturated rings. The molecule has 1 atom stereocenters. The highest BCUT2D eigenvalue weighted by Gasteiger charge is 2.20. The molecule has 0 aromatic heterocycles. The Balaban J connectivity index is 1.66. The number of hydrogen-bond acceptors (Lipinski definition) is 3. The maximum atomic E-state index is 3.56. The SMILES string of the molecule is CN(CCNc1ccccc1Br)CC1CCN(C)C1. The number of para-hydroxylation sites is 1.